The summed E-state index contributed by atoms with van der Waals surface area (Å²) in [6, 6.07) is 1.64. The fourth-order valence-electron chi connectivity index (χ4n) is 3.49. The van der Waals surface area contributed by atoms with Crippen LogP contribution in [0.5, 0.6) is 0 Å². The third-order valence-corrected chi connectivity index (χ3v) is 5.05. The second kappa shape index (κ2) is 4.97. The van der Waals surface area contributed by atoms with E-state index in [0.29, 0.717) is 12.8 Å². The summed E-state index contributed by atoms with van der Waals surface area (Å²) in [5.74, 6) is -0.628. The molecular formula is C15H20N4O3. The Balaban J connectivity index is 1.65. The number of urea groups is 1. The number of hydrogen-bond donors (Lipinski definition) is 2. The molecule has 0 aromatic heterocycles. The van der Waals surface area contributed by atoms with Crippen molar-refractivity contribution in [2.45, 2.75) is 56.5 Å². The van der Waals surface area contributed by atoms with Gasteiger partial charge in [0.1, 0.15) is 17.6 Å². The van der Waals surface area contributed by atoms with Crippen molar-refractivity contribution < 1.29 is 14.4 Å². The monoisotopic (exact) mass is 304 g/mol. The predicted molar refractivity (Wildman–Crippen MR) is 76.3 cm³/mol. The van der Waals surface area contributed by atoms with Gasteiger partial charge in [0.25, 0.3) is 5.91 Å². The van der Waals surface area contributed by atoms with E-state index in [-0.39, 0.29) is 18.4 Å². The molecule has 1 aliphatic heterocycles. The minimum Gasteiger partial charge on any atom is -0.336 e. The molecule has 3 fully saturated rings. The van der Waals surface area contributed by atoms with Crippen molar-refractivity contribution >= 4 is 17.8 Å². The Hall–Kier alpha value is -2.10. The SMILES string of the molecule is CC1(C2CC2)NC(=O)N(CC(=O)NC2(C#N)CCCC2)C1=O. The third kappa shape index (κ3) is 2.32. The molecule has 0 aromatic rings. The van der Waals surface area contributed by atoms with E-state index in [1.165, 1.54) is 0 Å². The highest BCUT2D eigenvalue weighted by atomic mass is 16.2. The number of imide groups is 1. The van der Waals surface area contributed by atoms with Crippen molar-refractivity contribution in [3.05, 3.63) is 0 Å². The quantitative estimate of drug-likeness (QED) is 0.745. The molecule has 2 N–H and O–H groups in total. The first-order chi connectivity index (χ1) is 10.4. The highest BCUT2D eigenvalue weighted by Gasteiger charge is 2.56. The van der Waals surface area contributed by atoms with Crippen molar-refractivity contribution in [2.75, 3.05) is 6.54 Å². The number of carbonyl (C=O) groups excluding carboxylic acids is 3. The maximum atomic E-state index is 12.4. The van der Waals surface area contributed by atoms with Crippen LogP contribution in [0.3, 0.4) is 0 Å². The van der Waals surface area contributed by atoms with E-state index >= 15 is 0 Å². The normalized spacial score (nSPS) is 30.1. The topological polar surface area (TPSA) is 102 Å². The number of nitrogens with zero attached hydrogens (tertiary/aromatic N) is 2. The van der Waals surface area contributed by atoms with E-state index < -0.39 is 23.0 Å². The average Bonchev–Trinajstić information content (AvgIpc) is 3.21. The van der Waals surface area contributed by atoms with Crippen LogP contribution < -0.4 is 10.6 Å². The second-order valence-electron chi connectivity index (χ2n) is 6.75. The summed E-state index contributed by atoms with van der Waals surface area (Å²) in [7, 11) is 0. The number of carbonyl (C=O) groups is 3. The summed E-state index contributed by atoms with van der Waals surface area (Å²) in [5, 5.41) is 14.7. The van der Waals surface area contributed by atoms with Crippen molar-refractivity contribution in [2.24, 2.45) is 5.92 Å². The Morgan fingerprint density at radius 2 is 2.05 bits per heavy atom. The van der Waals surface area contributed by atoms with Gasteiger partial charge in [0.05, 0.1) is 6.07 Å². The molecule has 3 rings (SSSR count). The van der Waals surface area contributed by atoms with Crippen LogP contribution >= 0.6 is 0 Å². The van der Waals surface area contributed by atoms with Gasteiger partial charge in [0, 0.05) is 0 Å². The lowest BCUT2D eigenvalue weighted by molar-refractivity contribution is -0.135. The van der Waals surface area contributed by atoms with Gasteiger partial charge in [-0.15, -0.1) is 0 Å². The van der Waals surface area contributed by atoms with E-state index in [1.807, 2.05) is 0 Å². The highest BCUT2D eigenvalue weighted by Crippen LogP contribution is 2.42. The summed E-state index contributed by atoms with van der Waals surface area (Å²) in [5.41, 5.74) is -1.71. The molecule has 3 aliphatic rings. The summed E-state index contributed by atoms with van der Waals surface area (Å²) < 4.78 is 0. The zero-order valence-electron chi connectivity index (χ0n) is 12.6. The van der Waals surface area contributed by atoms with Crippen LogP contribution in [0.1, 0.15) is 45.4 Å². The zero-order chi connectivity index (χ0) is 16.0. The Morgan fingerprint density at radius 3 is 2.59 bits per heavy atom. The molecule has 4 amide bonds. The molecule has 1 saturated heterocycles. The van der Waals surface area contributed by atoms with Crippen LogP contribution in [0.2, 0.25) is 0 Å². The third-order valence-electron chi connectivity index (χ3n) is 5.05. The van der Waals surface area contributed by atoms with Crippen molar-refractivity contribution in [1.82, 2.24) is 15.5 Å². The summed E-state index contributed by atoms with van der Waals surface area (Å²) in [6.45, 7) is 1.40. The fraction of sp³-hybridized carbons (Fsp3) is 0.733. The molecule has 1 atom stereocenters. The van der Waals surface area contributed by atoms with Gasteiger partial charge < -0.3 is 10.6 Å². The van der Waals surface area contributed by atoms with E-state index in [0.717, 1.165) is 30.6 Å². The standard InChI is InChI=1S/C15H20N4O3/c1-14(10-4-5-10)12(21)19(13(22)18-14)8-11(20)17-15(9-16)6-2-3-7-15/h10H,2-8H2,1H3,(H,17,20)(H,18,22). The molecular weight excluding hydrogens is 284 g/mol. The van der Waals surface area contributed by atoms with E-state index in [2.05, 4.69) is 16.7 Å². The summed E-state index contributed by atoms with van der Waals surface area (Å²) >= 11 is 0. The zero-order valence-corrected chi connectivity index (χ0v) is 12.6. The lowest BCUT2D eigenvalue weighted by Gasteiger charge is -2.24. The Morgan fingerprint density at radius 1 is 1.41 bits per heavy atom. The van der Waals surface area contributed by atoms with E-state index in [1.54, 1.807) is 6.92 Å². The number of nitriles is 1. The molecule has 22 heavy (non-hydrogen) atoms. The Kier molecular flexibility index (Phi) is 3.35. The van der Waals surface area contributed by atoms with E-state index in [4.69, 9.17) is 0 Å². The fourth-order valence-corrected chi connectivity index (χ4v) is 3.49. The van der Waals surface area contributed by atoms with Gasteiger partial charge in [0.2, 0.25) is 5.91 Å². The Bertz CT molecular complexity index is 572. The van der Waals surface area contributed by atoms with Crippen LogP contribution in [-0.2, 0) is 9.59 Å². The first kappa shape index (κ1) is 14.8. The molecule has 118 valence electrons. The van der Waals surface area contributed by atoms with Gasteiger partial charge >= 0.3 is 6.03 Å². The number of rotatable bonds is 4. The molecule has 0 aromatic carbocycles. The summed E-state index contributed by atoms with van der Waals surface area (Å²) in [4.78, 5) is 37.6. The van der Waals surface area contributed by atoms with Gasteiger partial charge in [-0.25, -0.2) is 4.79 Å². The predicted octanol–water partition coefficient (Wildman–Crippen LogP) is 0.659. The van der Waals surface area contributed by atoms with Crippen LogP contribution in [0.25, 0.3) is 0 Å². The molecule has 0 spiro atoms. The van der Waals surface area contributed by atoms with Crippen LogP contribution in [0, 0.1) is 17.2 Å². The molecule has 2 saturated carbocycles. The lowest BCUT2D eigenvalue weighted by Crippen LogP contribution is -2.51. The molecule has 7 heteroatoms. The molecule has 1 unspecified atom stereocenters. The average molecular weight is 304 g/mol. The summed E-state index contributed by atoms with van der Waals surface area (Å²) in [6.07, 6.45) is 4.87. The van der Waals surface area contributed by atoms with Gasteiger partial charge in [-0.05, 0) is 51.4 Å². The first-order valence-corrected chi connectivity index (χ1v) is 7.77. The highest BCUT2D eigenvalue weighted by molar-refractivity contribution is 6.09. The van der Waals surface area contributed by atoms with Gasteiger partial charge in [-0.1, -0.05) is 0 Å². The van der Waals surface area contributed by atoms with Crippen molar-refractivity contribution in [1.29, 1.82) is 5.26 Å². The molecule has 0 radical (unpaired) electrons. The molecule has 1 heterocycles. The Labute approximate surface area is 129 Å². The number of hydrogen-bond acceptors (Lipinski definition) is 4. The maximum Gasteiger partial charge on any atom is 0.325 e. The number of nitrogens with one attached hydrogen (secondary N) is 2. The van der Waals surface area contributed by atoms with Gasteiger partial charge in [-0.3, -0.25) is 14.5 Å². The lowest BCUT2D eigenvalue weighted by atomic mass is 9.96. The van der Waals surface area contributed by atoms with E-state index in [9.17, 15) is 19.6 Å². The van der Waals surface area contributed by atoms with Crippen molar-refractivity contribution in [3.63, 3.8) is 0 Å². The molecule has 7 nitrogen and oxygen atoms in total. The number of amides is 4. The van der Waals surface area contributed by atoms with Crippen LogP contribution in [0.4, 0.5) is 4.79 Å². The maximum absolute atomic E-state index is 12.4. The molecule has 0 bridgehead atoms. The minimum absolute atomic E-state index is 0.164. The largest absolute Gasteiger partial charge is 0.336 e. The van der Waals surface area contributed by atoms with Crippen LogP contribution in [0.15, 0.2) is 0 Å². The second-order valence-corrected chi connectivity index (χ2v) is 6.75. The van der Waals surface area contributed by atoms with Gasteiger partial charge in [-0.2, -0.15) is 5.26 Å². The van der Waals surface area contributed by atoms with Crippen LogP contribution in [-0.4, -0.2) is 40.4 Å². The minimum atomic E-state index is -0.877. The first-order valence-electron chi connectivity index (χ1n) is 7.77. The van der Waals surface area contributed by atoms with Gasteiger partial charge in [0.15, 0.2) is 0 Å². The van der Waals surface area contributed by atoms with Crippen molar-refractivity contribution in [3.8, 4) is 6.07 Å². The smallest absolute Gasteiger partial charge is 0.325 e. The molecule has 2 aliphatic carbocycles.